The van der Waals surface area contributed by atoms with Crippen LogP contribution in [0.15, 0.2) is 42.5 Å². The van der Waals surface area contributed by atoms with Crippen molar-refractivity contribution in [1.29, 1.82) is 0 Å². The lowest BCUT2D eigenvalue weighted by molar-refractivity contribution is -0.139. The molecule has 0 amide bonds. The lowest BCUT2D eigenvalue weighted by Gasteiger charge is -2.36. The molecule has 2 aromatic rings. The van der Waals surface area contributed by atoms with Gasteiger partial charge in [0.2, 0.25) is 0 Å². The fraction of sp³-hybridized carbons (Fsp3) is 0.622. The van der Waals surface area contributed by atoms with Gasteiger partial charge in [0.1, 0.15) is 23.1 Å². The number of Topliss-reactive ketones (excluding diaryl/α,β-unsaturated/α-hetero) is 2. The molecule has 1 saturated heterocycles. The zero-order chi connectivity index (χ0) is 30.9. The Morgan fingerprint density at radius 1 is 0.952 bits per heavy atom. The van der Waals surface area contributed by atoms with Crippen molar-refractivity contribution in [2.45, 2.75) is 111 Å². The van der Waals surface area contributed by atoms with Crippen LogP contribution in [0.25, 0.3) is 0 Å². The van der Waals surface area contributed by atoms with Crippen LogP contribution in [0.4, 0.5) is 0 Å². The molecule has 2 aromatic carbocycles. The molecule has 232 valence electrons. The van der Waals surface area contributed by atoms with Crippen LogP contribution >= 0.6 is 0 Å². The van der Waals surface area contributed by atoms with Crippen molar-refractivity contribution < 1.29 is 23.8 Å². The Kier molecular flexibility index (Phi) is 12.2. The molecule has 1 aliphatic rings. The fourth-order valence-corrected chi connectivity index (χ4v) is 6.60. The number of ether oxygens (including phenoxy) is 3. The molecular weight excluding hydrogens is 524 g/mol. The van der Waals surface area contributed by atoms with Crippen LogP contribution in [0.2, 0.25) is 0 Å². The fourth-order valence-electron chi connectivity index (χ4n) is 6.60. The van der Waals surface area contributed by atoms with Crippen molar-refractivity contribution in [2.75, 3.05) is 26.4 Å². The third kappa shape index (κ3) is 8.24. The molecule has 0 bridgehead atoms. The summed E-state index contributed by atoms with van der Waals surface area (Å²) < 4.78 is 17.9. The quantitative estimate of drug-likeness (QED) is 0.199. The Hall–Kier alpha value is -2.66. The van der Waals surface area contributed by atoms with Crippen molar-refractivity contribution in [3.05, 3.63) is 59.2 Å². The summed E-state index contributed by atoms with van der Waals surface area (Å²) in [5, 5.41) is 0. The van der Waals surface area contributed by atoms with Crippen LogP contribution in [0.5, 0.6) is 11.5 Å². The number of rotatable bonds is 16. The lowest BCUT2D eigenvalue weighted by atomic mass is 9.69. The van der Waals surface area contributed by atoms with Gasteiger partial charge < -0.3 is 14.2 Å². The van der Waals surface area contributed by atoms with Gasteiger partial charge in [-0.2, -0.15) is 0 Å². The van der Waals surface area contributed by atoms with Crippen LogP contribution in [-0.4, -0.2) is 38.0 Å². The van der Waals surface area contributed by atoms with E-state index in [0.29, 0.717) is 39.3 Å². The first-order chi connectivity index (χ1) is 20.0. The molecule has 0 spiro atoms. The molecule has 1 unspecified atom stereocenters. The molecule has 0 radical (unpaired) electrons. The molecule has 0 aliphatic carbocycles. The average Bonchev–Trinajstić information content (AvgIpc) is 2.95. The van der Waals surface area contributed by atoms with E-state index in [1.54, 1.807) is 6.92 Å². The van der Waals surface area contributed by atoms with Gasteiger partial charge >= 0.3 is 0 Å². The first-order valence-corrected chi connectivity index (χ1v) is 16.1. The van der Waals surface area contributed by atoms with E-state index in [1.807, 2.05) is 13.8 Å². The van der Waals surface area contributed by atoms with Gasteiger partial charge in [-0.15, -0.1) is 0 Å². The smallest absolute Gasteiger partial charge is 0.137 e. The lowest BCUT2D eigenvalue weighted by Crippen LogP contribution is -2.39. The van der Waals surface area contributed by atoms with E-state index >= 15 is 0 Å². The largest absolute Gasteiger partial charge is 0.493 e. The highest BCUT2D eigenvalue weighted by molar-refractivity contribution is 5.91. The monoisotopic (exact) mass is 578 g/mol. The van der Waals surface area contributed by atoms with E-state index in [9.17, 15) is 9.59 Å². The van der Waals surface area contributed by atoms with Crippen LogP contribution in [0.1, 0.15) is 122 Å². The van der Waals surface area contributed by atoms with Gasteiger partial charge in [-0.3, -0.25) is 9.59 Å². The van der Waals surface area contributed by atoms with Crippen molar-refractivity contribution in [2.24, 2.45) is 11.3 Å². The predicted molar refractivity (Wildman–Crippen MR) is 171 cm³/mol. The minimum Gasteiger partial charge on any atom is -0.493 e. The summed E-state index contributed by atoms with van der Waals surface area (Å²) >= 11 is 0. The van der Waals surface area contributed by atoms with E-state index in [-0.39, 0.29) is 41.2 Å². The highest BCUT2D eigenvalue weighted by Gasteiger charge is 2.41. The van der Waals surface area contributed by atoms with E-state index in [1.165, 1.54) is 5.56 Å². The third-order valence-corrected chi connectivity index (χ3v) is 9.43. The normalized spacial score (nSPS) is 16.6. The molecule has 1 aliphatic heterocycles. The topological polar surface area (TPSA) is 61.8 Å². The first-order valence-electron chi connectivity index (χ1n) is 16.1. The standard InChI is InChI=1S/C37H54O5/c1-9-41-33-23-29(24-34(42-10-2)35(33)26(3)4)27(5)31(17-14-18-36(7,8)30-15-12-11-13-16-30)32(39)25-37(28(6)38)19-21-40-22-20-37/h11-13,15-16,23-24,26-27,31H,9-10,14,17-22,25H2,1-8H3/t27-,31?/m1/s1. The zero-order valence-corrected chi connectivity index (χ0v) is 27.4. The molecule has 3 rings (SSSR count). The molecule has 1 fully saturated rings. The molecule has 1 heterocycles. The first kappa shape index (κ1) is 33.8. The van der Waals surface area contributed by atoms with Crippen LogP contribution in [0.3, 0.4) is 0 Å². The molecule has 42 heavy (non-hydrogen) atoms. The Balaban J connectivity index is 1.96. The van der Waals surface area contributed by atoms with Crippen molar-refractivity contribution in [1.82, 2.24) is 0 Å². The second-order valence-corrected chi connectivity index (χ2v) is 13.1. The van der Waals surface area contributed by atoms with Gasteiger partial charge in [0.25, 0.3) is 0 Å². The molecule has 0 saturated carbocycles. The Morgan fingerprint density at radius 2 is 1.52 bits per heavy atom. The summed E-state index contributed by atoms with van der Waals surface area (Å²) in [6, 6.07) is 14.8. The highest BCUT2D eigenvalue weighted by Crippen LogP contribution is 2.43. The number of ketones is 2. The Bertz CT molecular complexity index is 1130. The minimum absolute atomic E-state index is 0.00257. The molecule has 5 heteroatoms. The summed E-state index contributed by atoms with van der Waals surface area (Å²) in [6.45, 7) is 18.8. The zero-order valence-electron chi connectivity index (χ0n) is 27.4. The number of carbonyl (C=O) groups excluding carboxylic acids is 2. The molecule has 2 atom stereocenters. The van der Waals surface area contributed by atoms with Crippen LogP contribution in [0, 0.1) is 11.3 Å². The van der Waals surface area contributed by atoms with Gasteiger partial charge in [-0.1, -0.05) is 71.4 Å². The van der Waals surface area contributed by atoms with Crippen LogP contribution in [-0.2, 0) is 19.7 Å². The molecular formula is C37H54O5. The number of hydrogen-bond donors (Lipinski definition) is 0. The van der Waals surface area contributed by atoms with Gasteiger partial charge in [-0.25, -0.2) is 0 Å². The summed E-state index contributed by atoms with van der Waals surface area (Å²) in [6.07, 6.45) is 4.16. The second kappa shape index (κ2) is 15.2. The van der Waals surface area contributed by atoms with Gasteiger partial charge in [0, 0.05) is 36.5 Å². The predicted octanol–water partition coefficient (Wildman–Crippen LogP) is 8.82. The maximum Gasteiger partial charge on any atom is 0.137 e. The maximum atomic E-state index is 14.3. The average molecular weight is 579 g/mol. The van der Waals surface area contributed by atoms with Crippen molar-refractivity contribution in [3.8, 4) is 11.5 Å². The Morgan fingerprint density at radius 3 is 2.02 bits per heavy atom. The second-order valence-electron chi connectivity index (χ2n) is 13.1. The summed E-state index contributed by atoms with van der Waals surface area (Å²) in [7, 11) is 0. The van der Waals surface area contributed by atoms with Gasteiger partial charge in [0.05, 0.1) is 13.2 Å². The summed E-state index contributed by atoms with van der Waals surface area (Å²) in [5.74, 6) is 1.92. The molecule has 5 nitrogen and oxygen atoms in total. The van der Waals surface area contributed by atoms with Crippen LogP contribution < -0.4 is 9.47 Å². The van der Waals surface area contributed by atoms with E-state index in [4.69, 9.17) is 14.2 Å². The van der Waals surface area contributed by atoms with Crippen molar-refractivity contribution in [3.63, 3.8) is 0 Å². The third-order valence-electron chi connectivity index (χ3n) is 9.43. The van der Waals surface area contributed by atoms with Crippen molar-refractivity contribution >= 4 is 11.6 Å². The minimum atomic E-state index is -0.620. The van der Waals surface area contributed by atoms with Gasteiger partial charge in [0.15, 0.2) is 0 Å². The number of hydrogen-bond acceptors (Lipinski definition) is 5. The summed E-state index contributed by atoms with van der Waals surface area (Å²) in [4.78, 5) is 27.2. The SMILES string of the molecule is CCOc1cc([C@@H](C)C(CCCC(C)(C)c2ccccc2)C(=O)CC2(C(C)=O)CCOCC2)cc(OCC)c1C(C)C. The number of benzene rings is 2. The summed E-state index contributed by atoms with van der Waals surface area (Å²) in [5.41, 5.74) is 2.81. The van der Waals surface area contributed by atoms with E-state index < -0.39 is 5.41 Å². The number of carbonyl (C=O) groups is 2. The highest BCUT2D eigenvalue weighted by atomic mass is 16.5. The Labute approximate surface area is 254 Å². The molecule has 0 N–H and O–H groups in total. The van der Waals surface area contributed by atoms with Gasteiger partial charge in [-0.05, 0) is 87.0 Å². The van der Waals surface area contributed by atoms with E-state index in [2.05, 4.69) is 77.1 Å². The maximum absolute atomic E-state index is 14.3. The molecule has 0 aromatic heterocycles. The van der Waals surface area contributed by atoms with E-state index in [0.717, 1.165) is 41.9 Å².